The van der Waals surface area contributed by atoms with E-state index in [2.05, 4.69) is 39.9 Å². The van der Waals surface area contributed by atoms with E-state index in [0.29, 0.717) is 48.4 Å². The number of halogens is 1. The molecule has 0 aromatic carbocycles. The summed E-state index contributed by atoms with van der Waals surface area (Å²) in [5.74, 6) is 1.61. The Balaban J connectivity index is 1.83. The van der Waals surface area contributed by atoms with Crippen LogP contribution in [0.15, 0.2) is 11.6 Å². The van der Waals surface area contributed by atoms with Crippen molar-refractivity contribution < 1.29 is 14.3 Å². The van der Waals surface area contributed by atoms with Gasteiger partial charge in [-0.25, -0.2) is 0 Å². The molecule has 0 radical (unpaired) electrons. The maximum atomic E-state index is 12.3. The fourth-order valence-electron chi connectivity index (χ4n) is 7.82. The molecule has 3 saturated carbocycles. The minimum Gasteiger partial charge on any atom is -0.413 e. The van der Waals surface area contributed by atoms with Crippen LogP contribution in [0, 0.1) is 45.8 Å². The molecule has 4 aliphatic rings. The third kappa shape index (κ3) is 3.09. The fraction of sp³-hybridized carbons (Fsp3) is 0.833. The maximum Gasteiger partial charge on any atom is 0.201 e. The summed E-state index contributed by atoms with van der Waals surface area (Å²) in [7, 11) is -2.08. The van der Waals surface area contributed by atoms with E-state index in [1.807, 2.05) is 6.08 Å². The van der Waals surface area contributed by atoms with Crippen molar-refractivity contribution in [2.75, 3.05) is 5.50 Å². The highest BCUT2D eigenvalue weighted by molar-refractivity contribution is 6.77. The number of carbonyl (C=O) groups is 1. The highest BCUT2D eigenvalue weighted by atomic mass is 35.5. The molecule has 0 aromatic heterocycles. The van der Waals surface area contributed by atoms with Gasteiger partial charge >= 0.3 is 0 Å². The molecule has 0 amide bonds. The lowest BCUT2D eigenvalue weighted by atomic mass is 9.44. The molecular formula is C24H36ClNO3Si. The molecule has 0 aliphatic heterocycles. The van der Waals surface area contributed by atoms with Gasteiger partial charge in [-0.15, -0.1) is 11.6 Å². The second-order valence-corrected chi connectivity index (χ2v) is 16.4. The Bertz CT molecular complexity index is 822. The minimum absolute atomic E-state index is 0.0382. The van der Waals surface area contributed by atoms with Crippen molar-refractivity contribution in [3.05, 3.63) is 11.6 Å². The van der Waals surface area contributed by atoms with Crippen LogP contribution in [0.5, 0.6) is 0 Å². The Morgan fingerprint density at radius 2 is 2.07 bits per heavy atom. The lowest BCUT2D eigenvalue weighted by molar-refractivity contribution is -0.156. The highest BCUT2D eigenvalue weighted by Gasteiger charge is 2.68. The van der Waals surface area contributed by atoms with Crippen LogP contribution in [0.2, 0.25) is 13.1 Å². The first kappa shape index (κ1) is 22.5. The molecule has 1 N–H and O–H groups in total. The zero-order valence-corrected chi connectivity index (χ0v) is 20.8. The molecule has 0 spiro atoms. The molecule has 4 rings (SSSR count). The number of alkyl halides is 1. The first-order valence-electron chi connectivity index (χ1n) is 11.5. The number of nitriles is 1. The third-order valence-corrected chi connectivity index (χ3v) is 12.8. The van der Waals surface area contributed by atoms with Crippen LogP contribution >= 0.6 is 11.6 Å². The van der Waals surface area contributed by atoms with Crippen LogP contribution < -0.4 is 0 Å². The van der Waals surface area contributed by atoms with Crippen molar-refractivity contribution in [2.45, 2.75) is 84.1 Å². The van der Waals surface area contributed by atoms with Crippen LogP contribution in [-0.4, -0.2) is 36.4 Å². The summed E-state index contributed by atoms with van der Waals surface area (Å²) in [6.45, 7) is 11.0. The first-order chi connectivity index (χ1) is 13.9. The predicted molar refractivity (Wildman–Crippen MR) is 120 cm³/mol. The molecule has 0 aromatic rings. The molecule has 3 fully saturated rings. The van der Waals surface area contributed by atoms with Crippen molar-refractivity contribution in [3.8, 4) is 6.07 Å². The summed E-state index contributed by atoms with van der Waals surface area (Å²) in [6, 6.07) is 2.28. The number of nitrogens with zero attached hydrogens (tertiary/aromatic N) is 1. The smallest absolute Gasteiger partial charge is 0.201 e. The predicted octanol–water partition coefficient (Wildman–Crippen LogP) is 5.00. The van der Waals surface area contributed by atoms with E-state index in [9.17, 15) is 15.2 Å². The third-order valence-electron chi connectivity index (χ3n) is 9.32. The van der Waals surface area contributed by atoms with Crippen molar-refractivity contribution in [2.24, 2.45) is 34.5 Å². The molecule has 6 heteroatoms. The lowest BCUT2D eigenvalue weighted by Crippen LogP contribution is -2.62. The molecule has 0 heterocycles. The van der Waals surface area contributed by atoms with E-state index < -0.39 is 19.3 Å². The number of rotatable bonds is 3. The zero-order valence-electron chi connectivity index (χ0n) is 19.0. The van der Waals surface area contributed by atoms with Gasteiger partial charge in [-0.2, -0.15) is 5.26 Å². The SMILES string of the molecule is CC1C[C@@H]2[C@@H](C(O[Si](C)(C)CCl)C[C@@]3(C)[C@H]2CCC3(O)C#N)[C@@]2(C)CCC(=O)C=C12. The van der Waals surface area contributed by atoms with Gasteiger partial charge in [0.1, 0.15) is 0 Å². The largest absolute Gasteiger partial charge is 0.413 e. The zero-order chi connectivity index (χ0) is 22.1. The first-order valence-corrected chi connectivity index (χ1v) is 15.2. The molecule has 3 unspecified atom stereocenters. The summed E-state index contributed by atoms with van der Waals surface area (Å²) >= 11 is 6.31. The molecule has 4 nitrogen and oxygen atoms in total. The number of ketones is 1. The van der Waals surface area contributed by atoms with Gasteiger partial charge in [0.2, 0.25) is 8.32 Å². The van der Waals surface area contributed by atoms with Gasteiger partial charge in [0.25, 0.3) is 0 Å². The number of carbonyl (C=O) groups excluding carboxylic acids is 1. The summed E-state index contributed by atoms with van der Waals surface area (Å²) < 4.78 is 6.86. The highest BCUT2D eigenvalue weighted by Crippen LogP contribution is 2.68. The Labute approximate surface area is 187 Å². The van der Waals surface area contributed by atoms with E-state index in [0.717, 1.165) is 19.3 Å². The van der Waals surface area contributed by atoms with Crippen molar-refractivity contribution >= 4 is 25.7 Å². The number of allylic oxidation sites excluding steroid dienone is 1. The second-order valence-electron chi connectivity index (χ2n) is 11.6. The van der Waals surface area contributed by atoms with Crippen molar-refractivity contribution in [1.29, 1.82) is 5.26 Å². The van der Waals surface area contributed by atoms with E-state index in [-0.39, 0.29) is 17.3 Å². The second kappa shape index (κ2) is 7.17. The van der Waals surface area contributed by atoms with Gasteiger partial charge in [0.15, 0.2) is 11.4 Å². The molecule has 4 aliphatic carbocycles. The Morgan fingerprint density at radius 1 is 1.37 bits per heavy atom. The molecule has 8 atom stereocenters. The standard InChI is InChI=1S/C24H36ClNO3Si/c1-15-10-17-18-7-9-24(28,13-26)23(18,3)12-20(29-30(4,5)14-25)21(17)22(2)8-6-16(27)11-19(15)22/h11,15,17-18,20-21,28H,6-10,12,14H2,1-5H3/t15?,17-,18-,20?,21-,22-,23-,24?/m0/s1. The maximum absolute atomic E-state index is 12.3. The Morgan fingerprint density at radius 3 is 2.70 bits per heavy atom. The average Bonchev–Trinajstić information content (AvgIpc) is 2.94. The summed E-state index contributed by atoms with van der Waals surface area (Å²) in [5.41, 5.74) is 0.00639. The summed E-state index contributed by atoms with van der Waals surface area (Å²) in [4.78, 5) is 12.3. The van der Waals surface area contributed by atoms with Gasteiger partial charge in [-0.05, 0) is 80.4 Å². The van der Waals surface area contributed by atoms with Crippen LogP contribution in [0.4, 0.5) is 0 Å². The van der Waals surface area contributed by atoms with Gasteiger partial charge in [-0.3, -0.25) is 4.79 Å². The van der Waals surface area contributed by atoms with E-state index >= 15 is 0 Å². The normalized spacial score (nSPS) is 48.3. The number of aliphatic hydroxyl groups is 1. The molecule has 0 saturated heterocycles. The molecule has 0 bridgehead atoms. The lowest BCUT2D eigenvalue weighted by Gasteiger charge is -2.62. The number of hydrogen-bond acceptors (Lipinski definition) is 4. The van der Waals surface area contributed by atoms with Gasteiger partial charge in [-0.1, -0.05) is 26.3 Å². The van der Waals surface area contributed by atoms with Crippen LogP contribution in [-0.2, 0) is 9.22 Å². The Kier molecular flexibility index (Phi) is 5.38. The number of fused-ring (bicyclic) bond motifs is 5. The molecule has 30 heavy (non-hydrogen) atoms. The summed E-state index contributed by atoms with van der Waals surface area (Å²) in [6.07, 6.45) is 6.50. The van der Waals surface area contributed by atoms with Gasteiger partial charge in [0.05, 0.1) is 6.07 Å². The molecular weight excluding hydrogens is 414 g/mol. The topological polar surface area (TPSA) is 70.3 Å². The van der Waals surface area contributed by atoms with Gasteiger partial charge < -0.3 is 9.53 Å². The molecule has 166 valence electrons. The van der Waals surface area contributed by atoms with Gasteiger partial charge in [0, 0.05) is 23.4 Å². The summed E-state index contributed by atoms with van der Waals surface area (Å²) in [5, 5.41) is 21.2. The van der Waals surface area contributed by atoms with E-state index in [1.165, 1.54) is 5.57 Å². The van der Waals surface area contributed by atoms with Crippen molar-refractivity contribution in [3.63, 3.8) is 0 Å². The van der Waals surface area contributed by atoms with Crippen LogP contribution in [0.25, 0.3) is 0 Å². The Hall–Kier alpha value is -0.673. The minimum atomic E-state index is -2.08. The van der Waals surface area contributed by atoms with E-state index in [4.69, 9.17) is 16.0 Å². The van der Waals surface area contributed by atoms with Crippen molar-refractivity contribution in [1.82, 2.24) is 0 Å². The quantitative estimate of drug-likeness (QED) is 0.374. The monoisotopic (exact) mass is 449 g/mol. The fourth-order valence-corrected chi connectivity index (χ4v) is 9.13. The average molecular weight is 450 g/mol. The van der Waals surface area contributed by atoms with E-state index in [1.54, 1.807) is 0 Å². The van der Waals surface area contributed by atoms with Crippen LogP contribution in [0.3, 0.4) is 0 Å². The van der Waals surface area contributed by atoms with Crippen LogP contribution in [0.1, 0.15) is 59.3 Å². The number of hydrogen-bond donors (Lipinski definition) is 1.